The summed E-state index contributed by atoms with van der Waals surface area (Å²) in [6.07, 6.45) is 3.03. The predicted octanol–water partition coefficient (Wildman–Crippen LogP) is 4.58. The largest absolute Gasteiger partial charge is 0.481 e. The van der Waals surface area contributed by atoms with Gasteiger partial charge in [-0.3, -0.25) is 9.36 Å². The number of cyclic esters (lactones) is 1. The summed E-state index contributed by atoms with van der Waals surface area (Å²) in [5, 5.41) is 2.61. The number of amides is 1. The van der Waals surface area contributed by atoms with E-state index in [1.54, 1.807) is 36.4 Å². The van der Waals surface area contributed by atoms with Crippen molar-refractivity contribution in [1.82, 2.24) is 9.55 Å². The third-order valence-electron chi connectivity index (χ3n) is 5.90. The van der Waals surface area contributed by atoms with Gasteiger partial charge in [-0.2, -0.15) is 4.98 Å². The van der Waals surface area contributed by atoms with Crippen molar-refractivity contribution < 1.29 is 23.8 Å². The predicted molar refractivity (Wildman–Crippen MR) is 147 cm³/mol. The molecule has 9 nitrogen and oxygen atoms in total. The fraction of sp³-hybridized carbons (Fsp3) is 0.0968. The third-order valence-corrected chi connectivity index (χ3v) is 5.90. The Kier molecular flexibility index (Phi) is 8.12. The minimum absolute atomic E-state index is 0.0333. The first-order chi connectivity index (χ1) is 19.6. The van der Waals surface area contributed by atoms with Crippen LogP contribution in [0.15, 0.2) is 131 Å². The highest BCUT2D eigenvalue weighted by Crippen LogP contribution is 2.30. The molecule has 0 radical (unpaired) electrons. The van der Waals surface area contributed by atoms with Crippen LogP contribution >= 0.6 is 0 Å². The molecule has 4 aromatic rings. The number of nitrogens with zero attached hydrogens (tertiary/aromatic N) is 2. The first-order valence-corrected chi connectivity index (χ1v) is 12.5. The number of esters is 1. The number of benzene rings is 3. The Hall–Kier alpha value is -5.44. The van der Waals surface area contributed by atoms with E-state index in [1.807, 2.05) is 60.7 Å². The maximum Gasteiger partial charge on any atom is 0.383 e. The Balaban J connectivity index is 1.33. The lowest BCUT2D eigenvalue weighted by atomic mass is 10.2. The van der Waals surface area contributed by atoms with Gasteiger partial charge in [0.25, 0.3) is 11.7 Å². The summed E-state index contributed by atoms with van der Waals surface area (Å²) < 4.78 is 18.6. The summed E-state index contributed by atoms with van der Waals surface area (Å²) >= 11 is 0. The number of ether oxygens (including phenoxy) is 3. The second-order valence-electron chi connectivity index (χ2n) is 8.73. The van der Waals surface area contributed by atoms with E-state index in [1.165, 1.54) is 16.8 Å². The van der Waals surface area contributed by atoms with Crippen molar-refractivity contribution in [3.63, 3.8) is 0 Å². The molecule has 0 atom stereocenters. The lowest BCUT2D eigenvalue weighted by Crippen LogP contribution is -2.24. The highest BCUT2D eigenvalue weighted by atomic mass is 16.6. The van der Waals surface area contributed by atoms with E-state index in [0.29, 0.717) is 5.56 Å². The zero-order valence-electron chi connectivity index (χ0n) is 21.4. The number of carbonyl (C=O) groups excluding carboxylic acids is 2. The molecular formula is C31H25N3O6. The normalized spacial score (nSPS) is 13.7. The Labute approximate surface area is 230 Å². The molecule has 0 unspecified atom stereocenters. The molecule has 1 aliphatic rings. The van der Waals surface area contributed by atoms with Crippen LogP contribution in [0.25, 0.3) is 0 Å². The minimum atomic E-state index is -0.685. The molecule has 0 fully saturated rings. The third kappa shape index (κ3) is 6.51. The second-order valence-corrected chi connectivity index (χ2v) is 8.73. The smallest absolute Gasteiger partial charge is 0.383 e. The van der Waals surface area contributed by atoms with Crippen molar-refractivity contribution in [3.8, 4) is 0 Å². The number of anilines is 1. The molecular weight excluding hydrogens is 510 g/mol. The number of aromatic nitrogens is 2. The molecule has 2 heterocycles. The van der Waals surface area contributed by atoms with Gasteiger partial charge in [-0.05, 0) is 35.4 Å². The van der Waals surface area contributed by atoms with Gasteiger partial charge < -0.3 is 19.5 Å². The van der Waals surface area contributed by atoms with Gasteiger partial charge in [-0.15, -0.1) is 0 Å². The first kappa shape index (κ1) is 26.2. The summed E-state index contributed by atoms with van der Waals surface area (Å²) in [6, 6.07) is 29.0. The zero-order valence-corrected chi connectivity index (χ0v) is 21.4. The molecule has 1 amide bonds. The number of nitrogens with one attached hydrogen (secondary N) is 1. The second kappa shape index (κ2) is 12.4. The SMILES string of the molecule is O=C1O/C(=C\Cn2ccc(NC(=O)c3ccccc3)nc2=O)C(OCc2ccccc2)=C1OCc1ccccc1. The first-order valence-electron chi connectivity index (χ1n) is 12.5. The molecule has 1 N–H and O–H groups in total. The maximum atomic E-state index is 12.7. The summed E-state index contributed by atoms with van der Waals surface area (Å²) in [4.78, 5) is 41.7. The van der Waals surface area contributed by atoms with Crippen molar-refractivity contribution in [2.75, 3.05) is 5.32 Å². The van der Waals surface area contributed by atoms with Gasteiger partial charge in [-0.1, -0.05) is 78.9 Å². The molecule has 40 heavy (non-hydrogen) atoms. The van der Waals surface area contributed by atoms with Gasteiger partial charge in [0.15, 0.2) is 5.76 Å². The van der Waals surface area contributed by atoms with Crippen molar-refractivity contribution in [2.45, 2.75) is 19.8 Å². The van der Waals surface area contributed by atoms with E-state index in [4.69, 9.17) is 14.2 Å². The van der Waals surface area contributed by atoms with Crippen LogP contribution in [0, 0.1) is 0 Å². The van der Waals surface area contributed by atoms with Gasteiger partial charge in [-0.25, -0.2) is 9.59 Å². The van der Waals surface area contributed by atoms with Crippen LogP contribution in [0.3, 0.4) is 0 Å². The Morgan fingerprint density at radius 1 is 0.800 bits per heavy atom. The van der Waals surface area contributed by atoms with Crippen LogP contribution in [-0.4, -0.2) is 21.4 Å². The van der Waals surface area contributed by atoms with E-state index < -0.39 is 11.7 Å². The van der Waals surface area contributed by atoms with Gasteiger partial charge in [0.05, 0.1) is 0 Å². The van der Waals surface area contributed by atoms with Crippen molar-refractivity contribution in [3.05, 3.63) is 154 Å². The summed E-state index contributed by atoms with van der Waals surface area (Å²) in [5.41, 5.74) is 1.62. The molecule has 3 aromatic carbocycles. The van der Waals surface area contributed by atoms with Gasteiger partial charge >= 0.3 is 11.7 Å². The molecule has 1 aliphatic heterocycles. The zero-order chi connectivity index (χ0) is 27.7. The van der Waals surface area contributed by atoms with E-state index in [2.05, 4.69) is 10.3 Å². The molecule has 0 saturated carbocycles. The summed E-state index contributed by atoms with van der Waals surface area (Å²) in [6.45, 7) is 0.363. The van der Waals surface area contributed by atoms with Gasteiger partial charge in [0, 0.05) is 18.3 Å². The monoisotopic (exact) mass is 535 g/mol. The lowest BCUT2D eigenvalue weighted by Gasteiger charge is -2.10. The maximum absolute atomic E-state index is 12.7. The Bertz CT molecular complexity index is 1610. The van der Waals surface area contributed by atoms with Crippen molar-refractivity contribution in [1.29, 1.82) is 0 Å². The summed E-state index contributed by atoms with van der Waals surface area (Å²) in [7, 11) is 0. The van der Waals surface area contributed by atoms with Gasteiger partial charge in [0.1, 0.15) is 19.0 Å². The van der Waals surface area contributed by atoms with E-state index >= 15 is 0 Å². The van der Waals surface area contributed by atoms with Gasteiger partial charge in [0.2, 0.25) is 5.76 Å². The number of hydrogen-bond acceptors (Lipinski definition) is 7. The Morgan fingerprint density at radius 2 is 1.38 bits per heavy atom. The number of rotatable bonds is 10. The highest BCUT2D eigenvalue weighted by Gasteiger charge is 2.34. The Morgan fingerprint density at radius 3 is 1.98 bits per heavy atom. The number of carbonyl (C=O) groups is 2. The van der Waals surface area contributed by atoms with Crippen LogP contribution in [0.2, 0.25) is 0 Å². The molecule has 200 valence electrons. The fourth-order valence-electron chi connectivity index (χ4n) is 3.85. The van der Waals surface area contributed by atoms with Crippen LogP contribution in [0.5, 0.6) is 0 Å². The van der Waals surface area contributed by atoms with Crippen molar-refractivity contribution in [2.24, 2.45) is 0 Å². The topological polar surface area (TPSA) is 109 Å². The summed E-state index contributed by atoms with van der Waals surface area (Å²) in [5.74, 6) is -0.697. The average Bonchev–Trinajstić information content (AvgIpc) is 3.29. The molecule has 0 bridgehead atoms. The van der Waals surface area contributed by atoms with Crippen LogP contribution in [-0.2, 0) is 38.8 Å². The molecule has 9 heteroatoms. The molecule has 5 rings (SSSR count). The van der Waals surface area contributed by atoms with Crippen molar-refractivity contribution >= 4 is 17.7 Å². The van der Waals surface area contributed by atoms with E-state index in [-0.39, 0.29) is 48.8 Å². The minimum Gasteiger partial charge on any atom is -0.481 e. The average molecular weight is 536 g/mol. The lowest BCUT2D eigenvalue weighted by molar-refractivity contribution is -0.136. The fourth-order valence-corrected chi connectivity index (χ4v) is 3.85. The number of allylic oxidation sites excluding steroid dienone is 1. The molecule has 0 spiro atoms. The van der Waals surface area contributed by atoms with Crippen LogP contribution in [0.4, 0.5) is 5.82 Å². The van der Waals surface area contributed by atoms with E-state index in [9.17, 15) is 14.4 Å². The van der Waals surface area contributed by atoms with Crippen LogP contribution < -0.4 is 11.0 Å². The van der Waals surface area contributed by atoms with Crippen LogP contribution in [0.1, 0.15) is 21.5 Å². The quantitative estimate of drug-likeness (QED) is 0.296. The highest BCUT2D eigenvalue weighted by molar-refractivity contribution is 6.03. The number of hydrogen-bond donors (Lipinski definition) is 1. The molecule has 0 saturated heterocycles. The standard InChI is InChI=1S/C31H25N3O6/c35-29(24-14-8-3-9-15-24)32-26-17-19-34(31(37)33-26)18-16-25-27(38-20-22-10-4-1-5-11-22)28(30(36)40-25)39-21-23-12-6-2-7-13-23/h1-17,19H,18,20-21H2,(H,32,33,35,37)/b25-16-. The molecule has 0 aliphatic carbocycles. The van der Waals surface area contributed by atoms with E-state index in [0.717, 1.165) is 11.1 Å². The molecule has 1 aromatic heterocycles.